The van der Waals surface area contributed by atoms with Gasteiger partial charge in [-0.05, 0) is 54.5 Å². The van der Waals surface area contributed by atoms with Gasteiger partial charge >= 0.3 is 0 Å². The highest BCUT2D eigenvalue weighted by Gasteiger charge is 2.10. The standard InChI is InChI=1S/C16H16N4/c17-16-18-15-8-7-14(10-20(15)19-16)13-6-5-11-3-1-2-4-12(11)9-13/h5-10H,1-4H2,(H2,17,19). The molecule has 0 spiro atoms. The number of nitrogen functional groups attached to an aromatic ring is 1. The summed E-state index contributed by atoms with van der Waals surface area (Å²) >= 11 is 0. The quantitative estimate of drug-likeness (QED) is 0.735. The zero-order valence-electron chi connectivity index (χ0n) is 11.2. The highest BCUT2D eigenvalue weighted by atomic mass is 15.3. The molecular formula is C16H16N4. The van der Waals surface area contributed by atoms with Crippen molar-refractivity contribution in [3.05, 3.63) is 47.7 Å². The number of aryl methyl sites for hydroxylation is 2. The Morgan fingerprint density at radius 1 is 0.950 bits per heavy atom. The summed E-state index contributed by atoms with van der Waals surface area (Å²) in [7, 11) is 0. The molecule has 2 N–H and O–H groups in total. The fourth-order valence-electron chi connectivity index (χ4n) is 2.98. The molecule has 0 radical (unpaired) electrons. The molecule has 0 unspecified atom stereocenters. The summed E-state index contributed by atoms with van der Waals surface area (Å²) in [5.74, 6) is 0.313. The Morgan fingerprint density at radius 2 is 1.75 bits per heavy atom. The smallest absolute Gasteiger partial charge is 0.240 e. The van der Waals surface area contributed by atoms with Crippen LogP contribution in [0.15, 0.2) is 36.5 Å². The number of nitrogens with two attached hydrogens (primary N) is 1. The highest BCUT2D eigenvalue weighted by molar-refractivity contribution is 5.66. The molecule has 4 nitrogen and oxygen atoms in total. The van der Waals surface area contributed by atoms with Crippen molar-refractivity contribution in [1.82, 2.24) is 14.6 Å². The van der Waals surface area contributed by atoms with E-state index in [4.69, 9.17) is 5.73 Å². The predicted octanol–water partition coefficient (Wildman–Crippen LogP) is 2.86. The molecular weight excluding hydrogens is 248 g/mol. The van der Waals surface area contributed by atoms with E-state index in [9.17, 15) is 0 Å². The van der Waals surface area contributed by atoms with Crippen LogP contribution in [-0.4, -0.2) is 14.6 Å². The Morgan fingerprint density at radius 3 is 2.65 bits per heavy atom. The highest BCUT2D eigenvalue weighted by Crippen LogP contribution is 2.27. The molecule has 100 valence electrons. The van der Waals surface area contributed by atoms with E-state index < -0.39 is 0 Å². The van der Waals surface area contributed by atoms with Gasteiger partial charge in [0, 0.05) is 11.8 Å². The van der Waals surface area contributed by atoms with E-state index in [1.165, 1.54) is 42.4 Å². The van der Waals surface area contributed by atoms with Crippen LogP contribution in [0.4, 0.5) is 5.95 Å². The normalized spacial score (nSPS) is 14.4. The van der Waals surface area contributed by atoms with Gasteiger partial charge in [-0.1, -0.05) is 18.2 Å². The van der Waals surface area contributed by atoms with Crippen LogP contribution in [0.3, 0.4) is 0 Å². The molecule has 0 fully saturated rings. The number of fused-ring (bicyclic) bond motifs is 2. The summed E-state index contributed by atoms with van der Waals surface area (Å²) in [6.45, 7) is 0. The minimum absolute atomic E-state index is 0.313. The van der Waals surface area contributed by atoms with E-state index in [1.807, 2.05) is 12.3 Å². The largest absolute Gasteiger partial charge is 0.366 e. The van der Waals surface area contributed by atoms with Gasteiger partial charge in [0.2, 0.25) is 5.95 Å². The van der Waals surface area contributed by atoms with Gasteiger partial charge in [0.1, 0.15) is 0 Å². The molecule has 0 amide bonds. The minimum Gasteiger partial charge on any atom is -0.366 e. The van der Waals surface area contributed by atoms with E-state index in [1.54, 1.807) is 4.52 Å². The lowest BCUT2D eigenvalue weighted by molar-refractivity contribution is 0.686. The first kappa shape index (κ1) is 11.5. The van der Waals surface area contributed by atoms with Crippen LogP contribution >= 0.6 is 0 Å². The Labute approximate surface area is 117 Å². The van der Waals surface area contributed by atoms with Gasteiger partial charge in [-0.25, -0.2) is 4.52 Å². The molecule has 4 rings (SSSR count). The van der Waals surface area contributed by atoms with Crippen LogP contribution in [0.2, 0.25) is 0 Å². The van der Waals surface area contributed by atoms with Gasteiger partial charge in [0.15, 0.2) is 5.65 Å². The monoisotopic (exact) mass is 264 g/mol. The number of hydrogen-bond donors (Lipinski definition) is 1. The molecule has 0 atom stereocenters. The Hall–Kier alpha value is -2.36. The predicted molar refractivity (Wildman–Crippen MR) is 79.5 cm³/mol. The molecule has 1 aliphatic rings. The Balaban J connectivity index is 1.81. The first-order chi connectivity index (χ1) is 9.79. The third kappa shape index (κ3) is 1.84. The van der Waals surface area contributed by atoms with Crippen LogP contribution in [0.5, 0.6) is 0 Å². The fourth-order valence-corrected chi connectivity index (χ4v) is 2.98. The van der Waals surface area contributed by atoms with Crippen LogP contribution in [0.25, 0.3) is 16.8 Å². The lowest BCUT2D eigenvalue weighted by Crippen LogP contribution is -2.02. The van der Waals surface area contributed by atoms with Crippen molar-refractivity contribution < 1.29 is 0 Å². The van der Waals surface area contributed by atoms with E-state index in [0.29, 0.717) is 5.95 Å². The molecule has 2 heterocycles. The number of benzene rings is 1. The zero-order valence-corrected chi connectivity index (χ0v) is 11.2. The van der Waals surface area contributed by atoms with Crippen molar-refractivity contribution in [2.24, 2.45) is 0 Å². The van der Waals surface area contributed by atoms with E-state index in [2.05, 4.69) is 34.3 Å². The van der Waals surface area contributed by atoms with Crippen molar-refractivity contribution in [1.29, 1.82) is 0 Å². The molecule has 1 aliphatic carbocycles. The molecule has 20 heavy (non-hydrogen) atoms. The molecule has 0 saturated heterocycles. The molecule has 4 heteroatoms. The van der Waals surface area contributed by atoms with Gasteiger partial charge in [-0.15, -0.1) is 5.10 Å². The fraction of sp³-hybridized carbons (Fsp3) is 0.250. The molecule has 0 bridgehead atoms. The second-order valence-corrected chi connectivity index (χ2v) is 5.38. The Bertz CT molecular complexity index is 788. The number of hydrogen-bond acceptors (Lipinski definition) is 3. The van der Waals surface area contributed by atoms with E-state index >= 15 is 0 Å². The molecule has 3 aromatic rings. The molecule has 0 aliphatic heterocycles. The zero-order chi connectivity index (χ0) is 13.5. The summed E-state index contributed by atoms with van der Waals surface area (Å²) in [4.78, 5) is 4.15. The van der Waals surface area contributed by atoms with Crippen molar-refractivity contribution in [2.75, 3.05) is 5.73 Å². The molecule has 2 aromatic heterocycles. The molecule has 0 saturated carbocycles. The first-order valence-electron chi connectivity index (χ1n) is 7.04. The van der Waals surface area contributed by atoms with Gasteiger partial charge in [0.25, 0.3) is 0 Å². The third-order valence-corrected chi connectivity index (χ3v) is 4.03. The maximum Gasteiger partial charge on any atom is 0.240 e. The van der Waals surface area contributed by atoms with Gasteiger partial charge in [-0.2, -0.15) is 4.98 Å². The third-order valence-electron chi connectivity index (χ3n) is 4.03. The Kier molecular flexibility index (Phi) is 2.49. The van der Waals surface area contributed by atoms with E-state index in [0.717, 1.165) is 11.2 Å². The van der Waals surface area contributed by atoms with Crippen LogP contribution in [0, 0.1) is 0 Å². The van der Waals surface area contributed by atoms with Gasteiger partial charge in [0.05, 0.1) is 0 Å². The van der Waals surface area contributed by atoms with Crippen LogP contribution in [0.1, 0.15) is 24.0 Å². The summed E-state index contributed by atoms with van der Waals surface area (Å²) in [5.41, 5.74) is 11.8. The second-order valence-electron chi connectivity index (χ2n) is 5.38. The number of pyridine rings is 1. The maximum absolute atomic E-state index is 5.63. The van der Waals surface area contributed by atoms with Gasteiger partial charge < -0.3 is 5.73 Å². The maximum atomic E-state index is 5.63. The summed E-state index contributed by atoms with van der Waals surface area (Å²) in [6, 6.07) is 10.8. The average molecular weight is 264 g/mol. The lowest BCUT2D eigenvalue weighted by Gasteiger charge is -2.16. The summed E-state index contributed by atoms with van der Waals surface area (Å²) in [5, 5.41) is 4.17. The molecule has 1 aromatic carbocycles. The number of rotatable bonds is 1. The second kappa shape index (κ2) is 4.34. The topological polar surface area (TPSA) is 56.2 Å². The number of anilines is 1. The van der Waals surface area contributed by atoms with Crippen LogP contribution < -0.4 is 5.73 Å². The van der Waals surface area contributed by atoms with Crippen LogP contribution in [-0.2, 0) is 12.8 Å². The van der Waals surface area contributed by atoms with Crippen molar-refractivity contribution in [3.8, 4) is 11.1 Å². The summed E-state index contributed by atoms with van der Waals surface area (Å²) in [6.07, 6.45) is 7.02. The minimum atomic E-state index is 0.313. The first-order valence-corrected chi connectivity index (χ1v) is 7.04. The van der Waals surface area contributed by atoms with Crippen molar-refractivity contribution in [2.45, 2.75) is 25.7 Å². The van der Waals surface area contributed by atoms with E-state index in [-0.39, 0.29) is 0 Å². The SMILES string of the molecule is Nc1nc2ccc(-c3ccc4c(c3)CCCC4)cn2n1. The van der Waals surface area contributed by atoms with Crippen molar-refractivity contribution >= 4 is 11.6 Å². The lowest BCUT2D eigenvalue weighted by atomic mass is 9.89. The van der Waals surface area contributed by atoms with Gasteiger partial charge in [-0.3, -0.25) is 0 Å². The summed E-state index contributed by atoms with van der Waals surface area (Å²) < 4.78 is 1.74. The number of aromatic nitrogens is 3. The van der Waals surface area contributed by atoms with Crippen molar-refractivity contribution in [3.63, 3.8) is 0 Å². The average Bonchev–Trinajstić information content (AvgIpc) is 2.85. The number of nitrogens with zero attached hydrogens (tertiary/aromatic N) is 3.